The zero-order valence-electron chi connectivity index (χ0n) is 10.2. The van der Waals surface area contributed by atoms with Gasteiger partial charge in [-0.05, 0) is 26.1 Å². The van der Waals surface area contributed by atoms with Crippen LogP contribution in [0.5, 0.6) is 0 Å². The molecule has 0 aliphatic carbocycles. The maximum absolute atomic E-state index is 12.9. The first-order valence-corrected chi connectivity index (χ1v) is 5.64. The van der Waals surface area contributed by atoms with E-state index < -0.39 is 11.9 Å². The van der Waals surface area contributed by atoms with Crippen molar-refractivity contribution in [1.82, 2.24) is 4.90 Å². The minimum atomic E-state index is -0.413. The number of hydrogen-bond donors (Lipinski definition) is 1. The van der Waals surface area contributed by atoms with E-state index in [0.717, 1.165) is 0 Å². The Labute approximate surface area is 101 Å². The number of carbonyl (C=O) groups excluding carboxylic acids is 1. The molecule has 0 saturated heterocycles. The second kappa shape index (κ2) is 6.47. The minimum absolute atomic E-state index is 0.0815. The molecular weight excluding hydrogens is 221 g/mol. The number of likely N-dealkylation sites (N-methyl/N-ethyl adjacent to an activating group) is 1. The Morgan fingerprint density at radius 1 is 1.53 bits per heavy atom. The van der Waals surface area contributed by atoms with Crippen molar-refractivity contribution in [2.75, 3.05) is 20.1 Å². The largest absolute Gasteiger partial charge is 0.392 e. The number of halogens is 1. The van der Waals surface area contributed by atoms with Crippen LogP contribution < -0.4 is 0 Å². The van der Waals surface area contributed by atoms with E-state index in [-0.39, 0.29) is 5.78 Å². The summed E-state index contributed by atoms with van der Waals surface area (Å²) in [7, 11) is 1.84. The van der Waals surface area contributed by atoms with Gasteiger partial charge in [0.2, 0.25) is 0 Å². The van der Waals surface area contributed by atoms with Gasteiger partial charge in [0.25, 0.3) is 0 Å². The molecule has 0 radical (unpaired) electrons. The molecule has 0 saturated carbocycles. The van der Waals surface area contributed by atoms with Crippen molar-refractivity contribution >= 4 is 5.78 Å². The van der Waals surface area contributed by atoms with E-state index in [1.165, 1.54) is 18.2 Å². The first-order valence-electron chi connectivity index (χ1n) is 5.64. The quantitative estimate of drug-likeness (QED) is 0.768. The van der Waals surface area contributed by atoms with Crippen LogP contribution in [0.2, 0.25) is 0 Å². The van der Waals surface area contributed by atoms with Gasteiger partial charge in [-0.3, -0.25) is 4.79 Å². The molecule has 1 aromatic rings. The topological polar surface area (TPSA) is 40.5 Å². The first kappa shape index (κ1) is 13.8. The van der Waals surface area contributed by atoms with Crippen molar-refractivity contribution in [2.45, 2.75) is 19.4 Å². The summed E-state index contributed by atoms with van der Waals surface area (Å²) in [4.78, 5) is 13.6. The fourth-order valence-electron chi connectivity index (χ4n) is 1.64. The molecule has 0 aliphatic rings. The lowest BCUT2D eigenvalue weighted by Gasteiger charge is -2.17. The summed E-state index contributed by atoms with van der Waals surface area (Å²) in [6.45, 7) is 2.78. The smallest absolute Gasteiger partial charge is 0.164 e. The van der Waals surface area contributed by atoms with Crippen LogP contribution >= 0.6 is 0 Å². The summed E-state index contributed by atoms with van der Waals surface area (Å²) < 4.78 is 12.9. The van der Waals surface area contributed by atoms with Crippen molar-refractivity contribution in [3.8, 4) is 0 Å². The highest BCUT2D eigenvalue weighted by molar-refractivity contribution is 5.96. The van der Waals surface area contributed by atoms with Gasteiger partial charge in [-0.2, -0.15) is 0 Å². The van der Waals surface area contributed by atoms with E-state index >= 15 is 0 Å². The van der Waals surface area contributed by atoms with Gasteiger partial charge in [0, 0.05) is 25.1 Å². The summed E-state index contributed by atoms with van der Waals surface area (Å²) in [6.07, 6.45) is -0.0866. The molecule has 94 valence electrons. The molecule has 0 fully saturated rings. The summed E-state index contributed by atoms with van der Waals surface area (Å²) in [6, 6.07) is 5.70. The van der Waals surface area contributed by atoms with Crippen molar-refractivity contribution in [3.05, 3.63) is 35.6 Å². The van der Waals surface area contributed by atoms with Gasteiger partial charge in [-0.1, -0.05) is 12.1 Å². The third kappa shape index (κ3) is 5.06. The van der Waals surface area contributed by atoms with E-state index in [9.17, 15) is 9.18 Å². The molecule has 0 spiro atoms. The molecule has 0 amide bonds. The Morgan fingerprint density at radius 2 is 2.24 bits per heavy atom. The second-order valence-electron chi connectivity index (χ2n) is 4.29. The highest BCUT2D eigenvalue weighted by Crippen LogP contribution is 2.07. The highest BCUT2D eigenvalue weighted by atomic mass is 19.1. The Hall–Kier alpha value is -1.26. The standard InChI is InChI=1S/C13H18FNO2/c1-10(16)9-15(2)7-6-13(17)11-4-3-5-12(14)8-11/h3-5,8,10,16H,6-7,9H2,1-2H3. The third-order valence-electron chi connectivity index (χ3n) is 2.44. The zero-order valence-corrected chi connectivity index (χ0v) is 10.2. The molecule has 1 N–H and O–H groups in total. The Kier molecular flexibility index (Phi) is 5.25. The van der Waals surface area contributed by atoms with E-state index in [1.54, 1.807) is 13.0 Å². The molecule has 0 heterocycles. The number of nitrogens with zero attached hydrogens (tertiary/aromatic N) is 1. The van der Waals surface area contributed by atoms with Crippen LogP contribution in [0, 0.1) is 5.82 Å². The molecule has 17 heavy (non-hydrogen) atoms. The normalized spacial score (nSPS) is 12.8. The molecule has 3 nitrogen and oxygen atoms in total. The number of aliphatic hydroxyl groups excluding tert-OH is 1. The summed E-state index contributed by atoms with van der Waals surface area (Å²) in [5.41, 5.74) is 0.399. The van der Waals surface area contributed by atoms with E-state index in [2.05, 4.69) is 0 Å². The first-order chi connectivity index (χ1) is 7.99. The van der Waals surface area contributed by atoms with E-state index in [4.69, 9.17) is 5.11 Å². The Bertz CT molecular complexity index is 379. The number of aliphatic hydroxyl groups is 1. The maximum atomic E-state index is 12.9. The van der Waals surface area contributed by atoms with Crippen LogP contribution in [0.25, 0.3) is 0 Å². The lowest BCUT2D eigenvalue weighted by Crippen LogP contribution is -2.29. The number of ketones is 1. The molecule has 0 aromatic heterocycles. The SMILES string of the molecule is CC(O)CN(C)CCC(=O)c1cccc(F)c1. The lowest BCUT2D eigenvalue weighted by molar-refractivity contribution is 0.0948. The van der Waals surface area contributed by atoms with E-state index in [0.29, 0.717) is 25.1 Å². The van der Waals surface area contributed by atoms with Gasteiger partial charge in [-0.25, -0.2) is 4.39 Å². The summed E-state index contributed by atoms with van der Waals surface area (Å²) >= 11 is 0. The molecular formula is C13H18FNO2. The lowest BCUT2D eigenvalue weighted by atomic mass is 10.1. The monoisotopic (exact) mass is 239 g/mol. The van der Waals surface area contributed by atoms with Crippen LogP contribution in [0.15, 0.2) is 24.3 Å². The number of hydrogen-bond acceptors (Lipinski definition) is 3. The minimum Gasteiger partial charge on any atom is -0.392 e. The average Bonchev–Trinajstić information content (AvgIpc) is 2.25. The molecule has 0 aliphatic heterocycles. The third-order valence-corrected chi connectivity index (χ3v) is 2.44. The maximum Gasteiger partial charge on any atom is 0.164 e. The molecule has 0 bridgehead atoms. The predicted molar refractivity (Wildman–Crippen MR) is 64.5 cm³/mol. The number of carbonyl (C=O) groups is 1. The Morgan fingerprint density at radius 3 is 2.82 bits per heavy atom. The molecule has 1 rings (SSSR count). The van der Waals surface area contributed by atoms with Crippen LogP contribution in [0.4, 0.5) is 4.39 Å². The molecule has 1 unspecified atom stereocenters. The highest BCUT2D eigenvalue weighted by Gasteiger charge is 2.09. The van der Waals surface area contributed by atoms with Crippen molar-refractivity contribution in [2.24, 2.45) is 0 Å². The fraction of sp³-hybridized carbons (Fsp3) is 0.462. The van der Waals surface area contributed by atoms with Gasteiger partial charge < -0.3 is 10.0 Å². The number of Topliss-reactive ketones (excluding diaryl/α,β-unsaturated/α-hetero) is 1. The van der Waals surface area contributed by atoms with Crippen molar-refractivity contribution in [1.29, 1.82) is 0 Å². The molecule has 1 aromatic carbocycles. The average molecular weight is 239 g/mol. The van der Waals surface area contributed by atoms with Crippen LogP contribution in [0.3, 0.4) is 0 Å². The van der Waals surface area contributed by atoms with Gasteiger partial charge in [-0.15, -0.1) is 0 Å². The van der Waals surface area contributed by atoms with Crippen LogP contribution in [-0.2, 0) is 0 Å². The molecule has 1 atom stereocenters. The fourth-order valence-corrected chi connectivity index (χ4v) is 1.64. The van der Waals surface area contributed by atoms with Gasteiger partial charge in [0.15, 0.2) is 5.78 Å². The summed E-state index contributed by atoms with van der Waals surface area (Å²) in [5, 5.41) is 9.17. The second-order valence-corrected chi connectivity index (χ2v) is 4.29. The Balaban J connectivity index is 2.45. The zero-order chi connectivity index (χ0) is 12.8. The van der Waals surface area contributed by atoms with Gasteiger partial charge in [0.1, 0.15) is 5.82 Å². The predicted octanol–water partition coefficient (Wildman–Crippen LogP) is 1.71. The van der Waals surface area contributed by atoms with Gasteiger partial charge in [0.05, 0.1) is 6.10 Å². The summed E-state index contributed by atoms with van der Waals surface area (Å²) in [5.74, 6) is -0.477. The van der Waals surface area contributed by atoms with Crippen molar-refractivity contribution < 1.29 is 14.3 Å². The van der Waals surface area contributed by atoms with Crippen LogP contribution in [-0.4, -0.2) is 42.0 Å². The molecule has 4 heteroatoms. The van der Waals surface area contributed by atoms with Gasteiger partial charge >= 0.3 is 0 Å². The van der Waals surface area contributed by atoms with E-state index in [1.807, 2.05) is 11.9 Å². The number of benzene rings is 1. The van der Waals surface area contributed by atoms with Crippen LogP contribution in [0.1, 0.15) is 23.7 Å². The number of rotatable bonds is 6. The van der Waals surface area contributed by atoms with Crippen molar-refractivity contribution in [3.63, 3.8) is 0 Å².